The number of aromatic nitrogens is 9. The van der Waals surface area contributed by atoms with Gasteiger partial charge >= 0.3 is 0 Å². The highest BCUT2D eigenvalue weighted by molar-refractivity contribution is 7.27. The Hall–Kier alpha value is -14.0. The second kappa shape index (κ2) is 30.3. The first kappa shape index (κ1) is 67.6. The third-order valence-electron chi connectivity index (χ3n) is 19.6. The van der Waals surface area contributed by atoms with E-state index in [1.165, 1.54) is 88.3 Å². The molecule has 0 bridgehead atoms. The molecule has 6 aromatic heterocycles. The maximum absolute atomic E-state index is 4.91. The summed E-state index contributed by atoms with van der Waals surface area (Å²) in [5.41, 5.74) is 15.9. The van der Waals surface area contributed by atoms with E-state index in [9.17, 15) is 0 Å². The molecule has 9 nitrogen and oxygen atoms in total. The summed E-state index contributed by atoms with van der Waals surface area (Å²) in [6.45, 7) is 0. The van der Waals surface area contributed by atoms with E-state index in [4.69, 9.17) is 44.9 Å². The molecule has 0 aliphatic heterocycles. The molecular weight excluding hydrogens is 1410 g/mol. The van der Waals surface area contributed by atoms with Gasteiger partial charge in [-0.25, -0.2) is 44.9 Å². The van der Waals surface area contributed by atoms with Gasteiger partial charge in [0.05, 0.1) is 0 Å². The quantitative estimate of drug-likeness (QED) is 0.118. The van der Waals surface area contributed by atoms with Crippen LogP contribution >= 0.6 is 34.0 Å². The van der Waals surface area contributed by atoms with Crippen molar-refractivity contribution in [1.29, 1.82) is 0 Å². The van der Waals surface area contributed by atoms with Crippen molar-refractivity contribution in [1.82, 2.24) is 44.9 Å². The van der Waals surface area contributed by atoms with Crippen molar-refractivity contribution in [3.8, 4) is 136 Å². The molecule has 0 radical (unpaired) electrons. The molecule has 0 spiro atoms. The number of rotatable bonds is 12. The molecule has 522 valence electrons. The lowest BCUT2D eigenvalue weighted by atomic mass is 10.0. The highest BCUT2D eigenvalue weighted by atomic mass is 32.1. The van der Waals surface area contributed by atoms with E-state index in [0.29, 0.717) is 52.4 Å². The summed E-state index contributed by atoms with van der Waals surface area (Å²) in [6, 6.07) is 132. The largest absolute Gasteiger partial charge is 0.208 e. The van der Waals surface area contributed by atoms with Gasteiger partial charge in [-0.2, -0.15) is 0 Å². The predicted octanol–water partition coefficient (Wildman–Crippen LogP) is 26.7. The fraction of sp³-hybridized carbons (Fsp3) is 0. The first-order valence-corrected chi connectivity index (χ1v) is 39.1. The van der Waals surface area contributed by atoms with Gasteiger partial charge in [0, 0.05) is 111 Å². The summed E-state index contributed by atoms with van der Waals surface area (Å²) in [6.07, 6.45) is 0. The lowest BCUT2D eigenvalue weighted by Gasteiger charge is -2.10. The van der Waals surface area contributed by atoms with Crippen LogP contribution in [0.1, 0.15) is 0 Å². The molecule has 0 saturated heterocycles. The summed E-state index contributed by atoms with van der Waals surface area (Å²) in [5, 5.41) is 7.83. The van der Waals surface area contributed by atoms with Crippen molar-refractivity contribution >= 4 is 94.5 Å². The molecule has 111 heavy (non-hydrogen) atoms. The van der Waals surface area contributed by atoms with Crippen molar-refractivity contribution in [2.24, 2.45) is 0 Å². The van der Waals surface area contributed by atoms with Crippen molar-refractivity contribution < 1.29 is 0 Å². The molecule has 0 fully saturated rings. The van der Waals surface area contributed by atoms with E-state index in [-0.39, 0.29) is 0 Å². The fourth-order valence-electron chi connectivity index (χ4n) is 14.1. The Labute approximate surface area is 652 Å². The highest BCUT2D eigenvalue weighted by Crippen LogP contribution is 2.44. The molecule has 0 saturated carbocycles. The van der Waals surface area contributed by atoms with Crippen molar-refractivity contribution in [2.75, 3.05) is 0 Å². The lowest BCUT2D eigenvalue weighted by molar-refractivity contribution is 1.07. The van der Waals surface area contributed by atoms with Gasteiger partial charge in [0.15, 0.2) is 52.4 Å². The zero-order valence-electron chi connectivity index (χ0n) is 59.6. The normalized spacial score (nSPS) is 11.2. The molecular formula is C99H63N9S3. The van der Waals surface area contributed by atoms with E-state index in [0.717, 1.165) is 55.6 Å². The Balaban J connectivity index is 0.000000112. The molecule has 0 N–H and O–H groups in total. The van der Waals surface area contributed by atoms with Crippen LogP contribution < -0.4 is 0 Å². The Morgan fingerprint density at radius 2 is 0.378 bits per heavy atom. The monoisotopic (exact) mass is 1470 g/mol. The minimum Gasteiger partial charge on any atom is -0.208 e. The first-order chi connectivity index (χ1) is 55.0. The van der Waals surface area contributed by atoms with Crippen molar-refractivity contribution in [3.05, 3.63) is 382 Å². The second-order valence-electron chi connectivity index (χ2n) is 26.7. The number of thiophene rings is 3. The fourth-order valence-corrected chi connectivity index (χ4v) is 17.7. The standard InChI is InChI=1S/3C33H21N3S/c1-3-11-22(12-4-1)31-34-32(23-13-5-2-6-14-23)36-33(35-31)25-16-9-15-24(21-25)26-18-10-19-28-27-17-7-8-20-29(27)37-30(26)28;1-3-10-23(11-4-1)31-34-32(24-12-5-2-6-13-24)36-33(35-31)25-20-18-22(19-21-25)26-15-9-16-28-27-14-7-8-17-29(27)37-30(26)28;1-3-9-23(10-4-1)31-34-32(24-11-5-2-6-12-24)36-33(35-31)25-17-15-22(16-18-25)26-19-20-30-28(21-26)27-13-7-8-14-29(27)37-30/h3*1-21H. The topological polar surface area (TPSA) is 116 Å². The predicted molar refractivity (Wildman–Crippen MR) is 463 cm³/mol. The van der Waals surface area contributed by atoms with Crippen LogP contribution in [0.5, 0.6) is 0 Å². The molecule has 0 aliphatic carbocycles. The molecule has 15 aromatic carbocycles. The zero-order chi connectivity index (χ0) is 73.8. The molecule has 0 atom stereocenters. The van der Waals surface area contributed by atoms with Crippen LogP contribution in [0.4, 0.5) is 0 Å². The highest BCUT2D eigenvalue weighted by Gasteiger charge is 2.19. The van der Waals surface area contributed by atoms with Crippen LogP contribution in [0.3, 0.4) is 0 Å². The maximum atomic E-state index is 4.91. The van der Waals surface area contributed by atoms with Crippen LogP contribution in [-0.4, -0.2) is 44.9 Å². The van der Waals surface area contributed by atoms with Crippen LogP contribution in [0, 0.1) is 0 Å². The summed E-state index contributed by atoms with van der Waals surface area (Å²) >= 11 is 5.53. The third-order valence-corrected chi connectivity index (χ3v) is 23.2. The Bertz CT molecular complexity index is 6740. The molecule has 6 heterocycles. The van der Waals surface area contributed by atoms with Gasteiger partial charge in [0.1, 0.15) is 0 Å². The van der Waals surface area contributed by atoms with E-state index < -0.39 is 0 Å². The Morgan fingerprint density at radius 1 is 0.135 bits per heavy atom. The van der Waals surface area contributed by atoms with Crippen LogP contribution in [0.2, 0.25) is 0 Å². The SMILES string of the molecule is c1ccc(-c2nc(-c3ccccc3)nc(-c3ccc(-c4ccc5sc6ccccc6c5c4)cc3)n2)cc1.c1ccc(-c2nc(-c3ccccc3)nc(-c3ccc(-c4cccc5c4sc4ccccc45)cc3)n2)cc1.c1ccc(-c2nc(-c3ccccc3)nc(-c3cccc(-c4cccc5c4sc4ccccc45)c3)n2)cc1. The number of hydrogen-bond acceptors (Lipinski definition) is 12. The zero-order valence-corrected chi connectivity index (χ0v) is 62.1. The molecule has 0 unspecified atom stereocenters. The van der Waals surface area contributed by atoms with Gasteiger partial charge in [-0.1, -0.05) is 346 Å². The summed E-state index contributed by atoms with van der Waals surface area (Å²) in [7, 11) is 0. The first-order valence-electron chi connectivity index (χ1n) is 36.6. The second-order valence-corrected chi connectivity index (χ2v) is 29.9. The lowest BCUT2D eigenvalue weighted by Crippen LogP contribution is -2.00. The van der Waals surface area contributed by atoms with Crippen LogP contribution in [0.25, 0.3) is 196 Å². The van der Waals surface area contributed by atoms with E-state index in [2.05, 4.69) is 200 Å². The minimum atomic E-state index is 0.665. The van der Waals surface area contributed by atoms with Gasteiger partial charge in [-0.05, 0) is 69.8 Å². The third kappa shape index (κ3) is 14.0. The molecule has 0 aliphatic rings. The smallest absolute Gasteiger partial charge is 0.164 e. The minimum absolute atomic E-state index is 0.665. The van der Waals surface area contributed by atoms with Gasteiger partial charge in [-0.15, -0.1) is 34.0 Å². The van der Waals surface area contributed by atoms with Crippen molar-refractivity contribution in [3.63, 3.8) is 0 Å². The number of hydrogen-bond donors (Lipinski definition) is 0. The van der Waals surface area contributed by atoms with Crippen LogP contribution in [0.15, 0.2) is 382 Å². The average molecular weight is 1470 g/mol. The molecule has 21 rings (SSSR count). The van der Waals surface area contributed by atoms with Gasteiger partial charge in [-0.3, -0.25) is 0 Å². The van der Waals surface area contributed by atoms with Gasteiger partial charge in [0.25, 0.3) is 0 Å². The number of benzene rings is 15. The average Bonchev–Trinajstić information content (AvgIpc) is 1.68. The summed E-state index contributed by atoms with van der Waals surface area (Å²) in [5.74, 6) is 6.01. The molecule has 21 aromatic rings. The van der Waals surface area contributed by atoms with Gasteiger partial charge < -0.3 is 0 Å². The van der Waals surface area contributed by atoms with E-state index in [1.807, 2.05) is 216 Å². The Kier molecular flexibility index (Phi) is 18.5. The van der Waals surface area contributed by atoms with Crippen LogP contribution in [-0.2, 0) is 0 Å². The van der Waals surface area contributed by atoms with Gasteiger partial charge in [0.2, 0.25) is 0 Å². The Morgan fingerprint density at radius 3 is 0.757 bits per heavy atom. The van der Waals surface area contributed by atoms with E-state index >= 15 is 0 Å². The van der Waals surface area contributed by atoms with Crippen molar-refractivity contribution in [2.45, 2.75) is 0 Å². The molecule has 12 heteroatoms. The summed E-state index contributed by atoms with van der Waals surface area (Å²) < 4.78 is 7.87. The van der Waals surface area contributed by atoms with E-state index in [1.54, 1.807) is 0 Å². The maximum Gasteiger partial charge on any atom is 0.164 e. The summed E-state index contributed by atoms with van der Waals surface area (Å²) in [4.78, 5) is 43.7. The number of fused-ring (bicyclic) bond motifs is 9. The number of nitrogens with zero attached hydrogens (tertiary/aromatic N) is 9. The molecule has 0 amide bonds.